The third-order valence-corrected chi connectivity index (χ3v) is 6.00. The van der Waals surface area contributed by atoms with Gasteiger partial charge in [-0.3, -0.25) is 9.88 Å². The summed E-state index contributed by atoms with van der Waals surface area (Å²) in [4.78, 5) is 18.4. The van der Waals surface area contributed by atoms with Gasteiger partial charge in [0.1, 0.15) is 17.1 Å². The Labute approximate surface area is 195 Å². The summed E-state index contributed by atoms with van der Waals surface area (Å²) in [6.07, 6.45) is 5.64. The van der Waals surface area contributed by atoms with E-state index in [2.05, 4.69) is 31.4 Å². The maximum atomic E-state index is 14.4. The van der Waals surface area contributed by atoms with Gasteiger partial charge in [-0.25, -0.2) is 14.4 Å². The molecular weight excluding hydrogens is 445 g/mol. The molecular formula is C24H25F3N6O. The Morgan fingerprint density at radius 3 is 2.59 bits per heavy atom. The van der Waals surface area contributed by atoms with E-state index >= 15 is 0 Å². The summed E-state index contributed by atoms with van der Waals surface area (Å²) in [5.74, 6) is 0.835. The summed E-state index contributed by atoms with van der Waals surface area (Å²) >= 11 is 0. The van der Waals surface area contributed by atoms with Crippen molar-refractivity contribution in [3.63, 3.8) is 0 Å². The average Bonchev–Trinajstić information content (AvgIpc) is 3.64. The first-order valence-corrected chi connectivity index (χ1v) is 11.3. The molecule has 0 spiro atoms. The highest BCUT2D eigenvalue weighted by Gasteiger charge is 2.27. The van der Waals surface area contributed by atoms with Gasteiger partial charge in [0, 0.05) is 50.4 Å². The van der Waals surface area contributed by atoms with Crippen LogP contribution in [0.25, 0.3) is 17.1 Å². The van der Waals surface area contributed by atoms with Crippen molar-refractivity contribution in [2.45, 2.75) is 32.0 Å². The number of ether oxygens (including phenoxy) is 1. The van der Waals surface area contributed by atoms with Gasteiger partial charge in [-0.2, -0.15) is 8.78 Å². The largest absolute Gasteiger partial charge is 0.435 e. The summed E-state index contributed by atoms with van der Waals surface area (Å²) < 4.78 is 43.3. The quantitative estimate of drug-likeness (QED) is 0.526. The molecule has 0 unspecified atom stereocenters. The zero-order valence-electron chi connectivity index (χ0n) is 18.6. The highest BCUT2D eigenvalue weighted by molar-refractivity contribution is 5.81. The predicted molar refractivity (Wildman–Crippen MR) is 125 cm³/mol. The van der Waals surface area contributed by atoms with Crippen molar-refractivity contribution in [2.75, 3.05) is 36.4 Å². The van der Waals surface area contributed by atoms with Crippen LogP contribution in [0.5, 0.6) is 5.75 Å². The smallest absolute Gasteiger partial charge is 0.387 e. The molecule has 7 nitrogen and oxygen atoms in total. The van der Waals surface area contributed by atoms with Crippen LogP contribution < -0.4 is 15.0 Å². The molecule has 178 valence electrons. The normalized spacial score (nSPS) is 16.8. The Morgan fingerprint density at radius 2 is 1.91 bits per heavy atom. The van der Waals surface area contributed by atoms with Crippen LogP contribution in [0.15, 0.2) is 37.0 Å². The fourth-order valence-electron chi connectivity index (χ4n) is 4.01. The number of fused-ring (bicyclic) bond motifs is 1. The number of hydrogen-bond donors (Lipinski definition) is 1. The van der Waals surface area contributed by atoms with Crippen molar-refractivity contribution in [3.05, 3.63) is 54.1 Å². The lowest BCUT2D eigenvalue weighted by Gasteiger charge is -2.36. The topological polar surface area (TPSA) is 66.4 Å². The first kappa shape index (κ1) is 22.4. The Morgan fingerprint density at radius 1 is 1.12 bits per heavy atom. The van der Waals surface area contributed by atoms with Gasteiger partial charge in [-0.15, -0.1) is 0 Å². The molecule has 1 saturated carbocycles. The molecule has 0 bridgehead atoms. The van der Waals surface area contributed by atoms with Gasteiger partial charge in [0.15, 0.2) is 11.6 Å². The lowest BCUT2D eigenvalue weighted by molar-refractivity contribution is -0.0500. The first-order chi connectivity index (χ1) is 16.5. The molecule has 0 radical (unpaired) electrons. The van der Waals surface area contributed by atoms with Gasteiger partial charge in [-0.05, 0) is 31.1 Å². The van der Waals surface area contributed by atoms with Crippen LogP contribution in [0.3, 0.4) is 0 Å². The number of pyridine rings is 1. The maximum Gasteiger partial charge on any atom is 0.387 e. The number of nitrogens with one attached hydrogen (secondary N) is 1. The molecule has 0 amide bonds. The number of hydrogen-bond acceptors (Lipinski definition) is 7. The Kier molecular flexibility index (Phi) is 6.23. The number of anilines is 2. The van der Waals surface area contributed by atoms with Gasteiger partial charge in [0.25, 0.3) is 0 Å². The average molecular weight is 470 g/mol. The number of rotatable bonds is 8. The Bertz CT molecular complexity index is 1190. The van der Waals surface area contributed by atoms with E-state index in [0.717, 1.165) is 47.3 Å². The van der Waals surface area contributed by atoms with Crippen LogP contribution in [-0.2, 0) is 6.54 Å². The summed E-state index contributed by atoms with van der Waals surface area (Å²) in [5.41, 5.74) is 2.69. The number of benzene rings is 1. The number of alkyl halides is 2. The summed E-state index contributed by atoms with van der Waals surface area (Å²) in [6, 6.07) is 6.17. The third kappa shape index (κ3) is 5.06. The lowest BCUT2D eigenvalue weighted by Crippen LogP contribution is -2.46. The molecule has 3 aromatic rings. The molecule has 10 heteroatoms. The van der Waals surface area contributed by atoms with Crippen LogP contribution in [-0.4, -0.2) is 58.7 Å². The molecule has 1 N–H and O–H groups in total. The molecule has 2 aliphatic rings. The standard InChI is InChI=1S/C24H25F3N6O/c1-2-16-11-20-21(13-28-16)31-23(22(30-20)29-17-4-5-17)33-9-7-32(8-10-33)14-15-3-6-18(12-19(15)25)34-24(26)27/h2-3,6,11-13,17,24H,1,4-5,7-10,14H2,(H,29,30). The number of halogens is 3. The molecule has 2 aromatic heterocycles. The molecule has 0 atom stereocenters. The van der Waals surface area contributed by atoms with Crippen molar-refractivity contribution in [1.82, 2.24) is 19.9 Å². The first-order valence-electron chi connectivity index (χ1n) is 11.3. The van der Waals surface area contributed by atoms with Gasteiger partial charge in [0.2, 0.25) is 0 Å². The molecule has 1 aliphatic heterocycles. The predicted octanol–water partition coefficient (Wildman–Crippen LogP) is 4.30. The molecule has 34 heavy (non-hydrogen) atoms. The molecule has 2 fully saturated rings. The second-order valence-electron chi connectivity index (χ2n) is 8.51. The number of piperazine rings is 1. The maximum absolute atomic E-state index is 14.4. The third-order valence-electron chi connectivity index (χ3n) is 6.00. The highest BCUT2D eigenvalue weighted by Crippen LogP contribution is 2.31. The van der Waals surface area contributed by atoms with E-state index in [1.165, 1.54) is 12.1 Å². The lowest BCUT2D eigenvalue weighted by atomic mass is 10.1. The summed E-state index contributed by atoms with van der Waals surface area (Å²) in [6.45, 7) is 3.98. The van der Waals surface area contributed by atoms with Crippen molar-refractivity contribution < 1.29 is 17.9 Å². The highest BCUT2D eigenvalue weighted by atomic mass is 19.3. The fraction of sp³-hybridized carbons (Fsp3) is 0.375. The molecule has 3 heterocycles. The van der Waals surface area contributed by atoms with E-state index < -0.39 is 12.4 Å². The van der Waals surface area contributed by atoms with Crippen molar-refractivity contribution in [3.8, 4) is 5.75 Å². The van der Waals surface area contributed by atoms with Gasteiger partial charge < -0.3 is 15.0 Å². The van der Waals surface area contributed by atoms with Crippen LogP contribution in [0.4, 0.5) is 24.8 Å². The van der Waals surface area contributed by atoms with Gasteiger partial charge >= 0.3 is 6.61 Å². The Balaban J connectivity index is 1.29. The fourth-order valence-corrected chi connectivity index (χ4v) is 4.01. The second-order valence-corrected chi connectivity index (χ2v) is 8.51. The minimum atomic E-state index is -2.98. The summed E-state index contributed by atoms with van der Waals surface area (Å²) in [5, 5.41) is 3.50. The Hall–Kier alpha value is -3.40. The van der Waals surface area contributed by atoms with Crippen molar-refractivity contribution >= 4 is 28.7 Å². The molecule has 5 rings (SSSR count). The van der Waals surface area contributed by atoms with E-state index in [-0.39, 0.29) is 5.75 Å². The molecule has 1 aliphatic carbocycles. The van der Waals surface area contributed by atoms with E-state index in [1.807, 2.05) is 6.07 Å². The van der Waals surface area contributed by atoms with Crippen LogP contribution in [0.1, 0.15) is 24.1 Å². The number of aromatic nitrogens is 3. The second kappa shape index (κ2) is 9.46. The van der Waals surface area contributed by atoms with E-state index in [4.69, 9.17) is 9.97 Å². The summed E-state index contributed by atoms with van der Waals surface area (Å²) in [7, 11) is 0. The molecule has 1 saturated heterocycles. The van der Waals surface area contributed by atoms with Gasteiger partial charge in [-0.1, -0.05) is 12.6 Å². The van der Waals surface area contributed by atoms with E-state index in [1.54, 1.807) is 12.3 Å². The van der Waals surface area contributed by atoms with Gasteiger partial charge in [0.05, 0.1) is 17.4 Å². The van der Waals surface area contributed by atoms with Crippen LogP contribution >= 0.6 is 0 Å². The van der Waals surface area contributed by atoms with Crippen LogP contribution in [0, 0.1) is 5.82 Å². The monoisotopic (exact) mass is 470 g/mol. The zero-order chi connectivity index (χ0) is 23.7. The minimum absolute atomic E-state index is 0.179. The van der Waals surface area contributed by atoms with Crippen molar-refractivity contribution in [2.24, 2.45) is 0 Å². The van der Waals surface area contributed by atoms with Crippen LogP contribution in [0.2, 0.25) is 0 Å². The number of nitrogens with zero attached hydrogens (tertiary/aromatic N) is 5. The van der Waals surface area contributed by atoms with E-state index in [9.17, 15) is 13.2 Å². The van der Waals surface area contributed by atoms with E-state index in [0.29, 0.717) is 44.3 Å². The SMILES string of the molecule is C=Cc1cc2nc(NC3CC3)c(N3CCN(Cc4ccc(OC(F)F)cc4F)CC3)nc2cn1. The van der Waals surface area contributed by atoms with Crippen molar-refractivity contribution in [1.29, 1.82) is 0 Å². The minimum Gasteiger partial charge on any atom is -0.435 e. The molecule has 1 aromatic carbocycles. The zero-order valence-corrected chi connectivity index (χ0v) is 18.6.